The predicted octanol–water partition coefficient (Wildman–Crippen LogP) is 3.77. The van der Waals surface area contributed by atoms with Crippen molar-refractivity contribution in [2.75, 3.05) is 20.1 Å². The lowest BCUT2D eigenvalue weighted by atomic mass is 9.96. The maximum absolute atomic E-state index is 13.0. The molecule has 2 heterocycles. The smallest absolute Gasteiger partial charge is 0.282 e. The molecule has 1 aliphatic heterocycles. The zero-order valence-corrected chi connectivity index (χ0v) is 16.1. The molecule has 5 nitrogen and oxygen atoms in total. The second-order valence-corrected chi connectivity index (χ2v) is 9.39. The molecule has 0 bridgehead atoms. The van der Waals surface area contributed by atoms with Crippen molar-refractivity contribution >= 4 is 26.7 Å². The van der Waals surface area contributed by atoms with Gasteiger partial charge in [0.15, 0.2) is 0 Å². The molecule has 2 aromatic rings. The third-order valence-corrected chi connectivity index (χ3v) is 7.90. The number of hydrogen-bond donors (Lipinski definition) is 1. The van der Waals surface area contributed by atoms with Gasteiger partial charge in [-0.2, -0.15) is 17.0 Å². The quantitative estimate of drug-likeness (QED) is 0.887. The molecule has 0 saturated heterocycles. The van der Waals surface area contributed by atoms with Crippen LogP contribution in [0.2, 0.25) is 0 Å². The lowest BCUT2D eigenvalue weighted by Crippen LogP contribution is -2.48. The highest BCUT2D eigenvalue weighted by Gasteiger charge is 2.33. The highest BCUT2D eigenvalue weighted by Crippen LogP contribution is 2.31. The minimum Gasteiger partial charge on any atom is -0.361 e. The molecule has 1 fully saturated rings. The number of nitrogens with zero attached hydrogens (tertiary/aromatic N) is 2. The molecule has 1 saturated carbocycles. The second kappa shape index (κ2) is 7.18. The topological polar surface area (TPSA) is 56.4 Å². The van der Waals surface area contributed by atoms with Crippen LogP contribution in [0.1, 0.15) is 44.1 Å². The SMILES string of the molecule is CN(C1CCCCC1)S(=O)(=O)N1CC=C(c2c[nH]c3ccccc23)CC1. The van der Waals surface area contributed by atoms with Gasteiger partial charge in [0.1, 0.15) is 0 Å². The molecular formula is C20H27N3O2S. The van der Waals surface area contributed by atoms with Crippen molar-refractivity contribution in [3.63, 3.8) is 0 Å². The third kappa shape index (κ3) is 3.21. The normalized spacial score (nSPS) is 20.6. The lowest BCUT2D eigenvalue weighted by molar-refractivity contribution is 0.265. The summed E-state index contributed by atoms with van der Waals surface area (Å²) in [5, 5.41) is 1.20. The van der Waals surface area contributed by atoms with Crippen molar-refractivity contribution in [1.29, 1.82) is 0 Å². The molecule has 1 N–H and O–H groups in total. The molecule has 1 aromatic carbocycles. The first kappa shape index (κ1) is 17.8. The highest BCUT2D eigenvalue weighted by molar-refractivity contribution is 7.86. The van der Waals surface area contributed by atoms with Gasteiger partial charge in [-0.1, -0.05) is 43.5 Å². The van der Waals surface area contributed by atoms with Gasteiger partial charge in [0.2, 0.25) is 0 Å². The van der Waals surface area contributed by atoms with Crippen LogP contribution in [0.25, 0.3) is 16.5 Å². The van der Waals surface area contributed by atoms with E-state index in [2.05, 4.69) is 23.2 Å². The monoisotopic (exact) mass is 373 g/mol. The summed E-state index contributed by atoms with van der Waals surface area (Å²) in [5.74, 6) is 0. The van der Waals surface area contributed by atoms with Crippen molar-refractivity contribution in [3.05, 3.63) is 42.1 Å². The first-order valence-electron chi connectivity index (χ1n) is 9.56. The summed E-state index contributed by atoms with van der Waals surface area (Å²) >= 11 is 0. The molecule has 26 heavy (non-hydrogen) atoms. The Morgan fingerprint density at radius 1 is 1.15 bits per heavy atom. The van der Waals surface area contributed by atoms with E-state index < -0.39 is 10.2 Å². The number of benzene rings is 1. The number of rotatable bonds is 4. The molecule has 0 spiro atoms. The van der Waals surface area contributed by atoms with Gasteiger partial charge in [-0.25, -0.2) is 0 Å². The van der Waals surface area contributed by atoms with Crippen LogP contribution in [0.5, 0.6) is 0 Å². The zero-order valence-electron chi connectivity index (χ0n) is 15.3. The van der Waals surface area contributed by atoms with E-state index in [1.807, 2.05) is 18.3 Å². The number of aromatic nitrogens is 1. The lowest BCUT2D eigenvalue weighted by Gasteiger charge is -2.35. The van der Waals surface area contributed by atoms with Gasteiger partial charge in [0.25, 0.3) is 10.2 Å². The van der Waals surface area contributed by atoms with Gasteiger partial charge in [-0.15, -0.1) is 0 Å². The standard InChI is InChI=1S/C20H27N3O2S/c1-22(17-7-3-2-4-8-17)26(24,25)23-13-11-16(12-14-23)19-15-21-20-10-6-5-9-18(19)20/h5-6,9-11,15,17,21H,2-4,7-8,12-14H2,1H3. The minimum atomic E-state index is -3.38. The van der Waals surface area contributed by atoms with Gasteiger partial charge < -0.3 is 4.98 Å². The van der Waals surface area contributed by atoms with Gasteiger partial charge in [0.05, 0.1) is 0 Å². The van der Waals surface area contributed by atoms with Crippen molar-refractivity contribution < 1.29 is 8.42 Å². The summed E-state index contributed by atoms with van der Waals surface area (Å²) in [6.07, 6.45) is 10.3. The fraction of sp³-hybridized carbons (Fsp3) is 0.500. The number of fused-ring (bicyclic) bond motifs is 1. The number of hydrogen-bond acceptors (Lipinski definition) is 2. The van der Waals surface area contributed by atoms with E-state index in [-0.39, 0.29) is 6.04 Å². The highest BCUT2D eigenvalue weighted by atomic mass is 32.2. The van der Waals surface area contributed by atoms with Crippen molar-refractivity contribution in [3.8, 4) is 0 Å². The molecule has 140 valence electrons. The molecule has 0 unspecified atom stereocenters. The van der Waals surface area contributed by atoms with Gasteiger partial charge in [-0.3, -0.25) is 0 Å². The van der Waals surface area contributed by atoms with Gasteiger partial charge >= 0.3 is 0 Å². The summed E-state index contributed by atoms with van der Waals surface area (Å²) < 4.78 is 29.3. The maximum Gasteiger partial charge on any atom is 0.282 e. The average molecular weight is 374 g/mol. The number of nitrogens with one attached hydrogen (secondary N) is 1. The van der Waals surface area contributed by atoms with Gasteiger partial charge in [0, 0.05) is 48.8 Å². The Morgan fingerprint density at radius 3 is 2.65 bits per heavy atom. The molecule has 0 radical (unpaired) electrons. The van der Waals surface area contributed by atoms with Gasteiger partial charge in [-0.05, 0) is 30.9 Å². The summed E-state index contributed by atoms with van der Waals surface area (Å²) in [6, 6.07) is 8.40. The Labute approximate surface area is 155 Å². The third-order valence-electron chi connectivity index (χ3n) is 5.89. The number of aromatic amines is 1. The predicted molar refractivity (Wildman–Crippen MR) is 106 cm³/mol. The second-order valence-electron chi connectivity index (χ2n) is 7.40. The maximum atomic E-state index is 13.0. The van der Waals surface area contributed by atoms with Crippen LogP contribution < -0.4 is 0 Å². The van der Waals surface area contributed by atoms with E-state index in [9.17, 15) is 8.42 Å². The number of para-hydroxylation sites is 1. The molecule has 6 heteroatoms. The molecule has 4 rings (SSSR count). The summed E-state index contributed by atoms with van der Waals surface area (Å²) in [6.45, 7) is 0.999. The van der Waals surface area contributed by atoms with Crippen molar-refractivity contribution in [2.45, 2.75) is 44.6 Å². The minimum absolute atomic E-state index is 0.160. The Balaban J connectivity index is 1.51. The largest absolute Gasteiger partial charge is 0.361 e. The van der Waals surface area contributed by atoms with Crippen molar-refractivity contribution in [1.82, 2.24) is 13.6 Å². The Bertz CT molecular complexity index is 910. The Hall–Kier alpha value is -1.63. The van der Waals surface area contributed by atoms with E-state index in [0.29, 0.717) is 13.1 Å². The van der Waals surface area contributed by atoms with Crippen LogP contribution in [0.3, 0.4) is 0 Å². The van der Waals surface area contributed by atoms with E-state index in [1.54, 1.807) is 15.7 Å². The fourth-order valence-corrected chi connectivity index (χ4v) is 5.79. The van der Waals surface area contributed by atoms with E-state index in [4.69, 9.17) is 0 Å². The van der Waals surface area contributed by atoms with E-state index in [0.717, 1.165) is 37.6 Å². The van der Waals surface area contributed by atoms with E-state index in [1.165, 1.54) is 22.9 Å². The summed E-state index contributed by atoms with van der Waals surface area (Å²) in [5.41, 5.74) is 3.54. The van der Waals surface area contributed by atoms with Crippen LogP contribution in [0, 0.1) is 0 Å². The van der Waals surface area contributed by atoms with E-state index >= 15 is 0 Å². The number of H-pyrrole nitrogens is 1. The zero-order chi connectivity index (χ0) is 18.1. The van der Waals surface area contributed by atoms with Crippen molar-refractivity contribution in [2.24, 2.45) is 0 Å². The average Bonchev–Trinajstić information content (AvgIpc) is 3.12. The van der Waals surface area contributed by atoms with Crippen LogP contribution in [0.15, 0.2) is 36.5 Å². The summed E-state index contributed by atoms with van der Waals surface area (Å²) in [7, 11) is -1.63. The molecule has 1 aliphatic carbocycles. The van der Waals surface area contributed by atoms with Crippen LogP contribution in [0.4, 0.5) is 0 Å². The fourth-order valence-electron chi connectivity index (χ4n) is 4.26. The molecule has 0 amide bonds. The Morgan fingerprint density at radius 2 is 1.92 bits per heavy atom. The molecule has 0 atom stereocenters. The Kier molecular flexibility index (Phi) is 4.90. The first-order chi connectivity index (χ1) is 12.6. The molecule has 1 aromatic heterocycles. The summed E-state index contributed by atoms with van der Waals surface area (Å²) in [4.78, 5) is 3.31. The van der Waals surface area contributed by atoms with Crippen LogP contribution >= 0.6 is 0 Å². The first-order valence-corrected chi connectivity index (χ1v) is 11.0. The van der Waals surface area contributed by atoms with Crippen LogP contribution in [-0.4, -0.2) is 48.2 Å². The molecular weight excluding hydrogens is 346 g/mol. The molecule has 2 aliphatic rings. The van der Waals surface area contributed by atoms with Crippen LogP contribution in [-0.2, 0) is 10.2 Å².